The zero-order valence-corrected chi connectivity index (χ0v) is 16.9. The molecule has 2 aromatic carbocycles. The van der Waals surface area contributed by atoms with Gasteiger partial charge in [0.2, 0.25) is 15.9 Å². The number of primary amides is 1. The van der Waals surface area contributed by atoms with Crippen LogP contribution in [-0.4, -0.2) is 44.9 Å². The maximum atomic E-state index is 13.0. The molecule has 2 aliphatic heterocycles. The third-order valence-corrected chi connectivity index (χ3v) is 7.38. The molecule has 1 amide bonds. The second-order valence-corrected chi connectivity index (χ2v) is 9.36. The molecule has 2 heterocycles. The normalized spacial score (nSPS) is 17.8. The maximum absolute atomic E-state index is 13.0. The average molecular weight is 416 g/mol. The lowest BCUT2D eigenvalue weighted by atomic mass is 9.91. The monoisotopic (exact) mass is 416 g/mol. The summed E-state index contributed by atoms with van der Waals surface area (Å²) in [5, 5.41) is 0. The number of hydrogen-bond acceptors (Lipinski definition) is 5. The van der Waals surface area contributed by atoms with Crippen LogP contribution in [0.4, 0.5) is 0 Å². The Morgan fingerprint density at radius 2 is 1.66 bits per heavy atom. The number of amides is 1. The van der Waals surface area contributed by atoms with Gasteiger partial charge in [0, 0.05) is 24.7 Å². The smallest absolute Gasteiger partial charge is 0.248 e. The fourth-order valence-corrected chi connectivity index (χ4v) is 5.31. The number of nitrogens with zero attached hydrogens (tertiary/aromatic N) is 1. The number of hydrogen-bond donors (Lipinski definition) is 1. The van der Waals surface area contributed by atoms with Crippen molar-refractivity contribution in [3.05, 3.63) is 53.6 Å². The van der Waals surface area contributed by atoms with Crippen LogP contribution in [-0.2, 0) is 16.4 Å². The zero-order chi connectivity index (χ0) is 20.4. The first-order valence-corrected chi connectivity index (χ1v) is 11.2. The van der Waals surface area contributed by atoms with Crippen LogP contribution in [0.3, 0.4) is 0 Å². The van der Waals surface area contributed by atoms with Crippen molar-refractivity contribution in [2.45, 2.75) is 24.2 Å². The maximum Gasteiger partial charge on any atom is 0.248 e. The molecule has 0 bridgehead atoms. The van der Waals surface area contributed by atoms with Crippen molar-refractivity contribution in [3.63, 3.8) is 0 Å². The van der Waals surface area contributed by atoms with Crippen molar-refractivity contribution in [3.8, 4) is 11.5 Å². The summed E-state index contributed by atoms with van der Waals surface area (Å²) in [6.45, 7) is 1.86. The third kappa shape index (κ3) is 4.23. The van der Waals surface area contributed by atoms with E-state index in [-0.39, 0.29) is 4.90 Å². The predicted molar refractivity (Wildman–Crippen MR) is 108 cm³/mol. The van der Waals surface area contributed by atoms with E-state index in [4.69, 9.17) is 15.2 Å². The number of benzene rings is 2. The highest BCUT2D eigenvalue weighted by atomic mass is 32.2. The summed E-state index contributed by atoms with van der Waals surface area (Å²) in [5.74, 6) is 1.03. The Balaban J connectivity index is 1.39. The summed E-state index contributed by atoms with van der Waals surface area (Å²) in [7, 11) is -3.56. The van der Waals surface area contributed by atoms with Crippen LogP contribution in [0.2, 0.25) is 0 Å². The van der Waals surface area contributed by atoms with E-state index < -0.39 is 15.9 Å². The van der Waals surface area contributed by atoms with E-state index in [2.05, 4.69) is 0 Å². The summed E-state index contributed by atoms with van der Waals surface area (Å²) in [6, 6.07) is 12.1. The Morgan fingerprint density at radius 3 is 2.31 bits per heavy atom. The first kappa shape index (κ1) is 19.7. The van der Waals surface area contributed by atoms with Crippen LogP contribution in [0, 0.1) is 5.92 Å². The van der Waals surface area contributed by atoms with Crippen LogP contribution in [0.1, 0.15) is 28.8 Å². The SMILES string of the molecule is NC(=O)c1ccc(CC2CCN(S(=O)(=O)c3ccc4c(c3)OCCO4)CC2)cc1. The Morgan fingerprint density at radius 1 is 1.00 bits per heavy atom. The van der Waals surface area contributed by atoms with E-state index in [1.807, 2.05) is 12.1 Å². The lowest BCUT2D eigenvalue weighted by Gasteiger charge is -2.31. The van der Waals surface area contributed by atoms with Gasteiger partial charge in [-0.05, 0) is 55.0 Å². The van der Waals surface area contributed by atoms with Gasteiger partial charge in [-0.2, -0.15) is 4.31 Å². The molecule has 154 valence electrons. The molecule has 29 heavy (non-hydrogen) atoms. The molecule has 0 spiro atoms. The van der Waals surface area contributed by atoms with Crippen LogP contribution < -0.4 is 15.2 Å². The molecule has 0 atom stereocenters. The molecule has 8 heteroatoms. The van der Waals surface area contributed by atoms with Crippen molar-refractivity contribution >= 4 is 15.9 Å². The number of ether oxygens (including phenoxy) is 2. The Labute approximate surface area is 170 Å². The van der Waals surface area contributed by atoms with Gasteiger partial charge < -0.3 is 15.2 Å². The molecule has 0 aliphatic carbocycles. The van der Waals surface area contributed by atoms with Gasteiger partial charge in [0.15, 0.2) is 11.5 Å². The number of carbonyl (C=O) groups excluding carboxylic acids is 1. The van der Waals surface area contributed by atoms with E-state index in [1.54, 1.807) is 34.6 Å². The number of sulfonamides is 1. The van der Waals surface area contributed by atoms with Gasteiger partial charge in [0.05, 0.1) is 4.90 Å². The minimum atomic E-state index is -3.56. The van der Waals surface area contributed by atoms with E-state index in [0.29, 0.717) is 49.3 Å². The lowest BCUT2D eigenvalue weighted by molar-refractivity contribution is 0.100. The summed E-state index contributed by atoms with van der Waals surface area (Å²) < 4.78 is 38.6. The molecule has 4 rings (SSSR count). The fraction of sp³-hybridized carbons (Fsp3) is 0.381. The zero-order valence-electron chi connectivity index (χ0n) is 16.0. The fourth-order valence-electron chi connectivity index (χ4n) is 3.83. The van der Waals surface area contributed by atoms with Crippen LogP contribution in [0.25, 0.3) is 0 Å². The molecule has 1 fully saturated rings. The first-order valence-electron chi connectivity index (χ1n) is 9.72. The number of nitrogens with two attached hydrogens (primary N) is 1. The first-order chi connectivity index (χ1) is 13.9. The molecule has 0 aromatic heterocycles. The Kier molecular flexibility index (Phi) is 5.47. The van der Waals surface area contributed by atoms with Gasteiger partial charge in [-0.1, -0.05) is 12.1 Å². The van der Waals surface area contributed by atoms with Gasteiger partial charge >= 0.3 is 0 Å². The summed E-state index contributed by atoms with van der Waals surface area (Å²) in [4.78, 5) is 11.4. The molecule has 2 aliphatic rings. The lowest BCUT2D eigenvalue weighted by Crippen LogP contribution is -2.38. The second-order valence-electron chi connectivity index (χ2n) is 7.42. The summed E-state index contributed by atoms with van der Waals surface area (Å²) in [6.07, 6.45) is 2.44. The van der Waals surface area contributed by atoms with E-state index in [1.165, 1.54) is 0 Å². The molecule has 2 aromatic rings. The van der Waals surface area contributed by atoms with Crippen molar-refractivity contribution in [1.82, 2.24) is 4.31 Å². The van der Waals surface area contributed by atoms with E-state index in [0.717, 1.165) is 24.8 Å². The largest absolute Gasteiger partial charge is 0.486 e. The number of piperidine rings is 1. The summed E-state index contributed by atoms with van der Waals surface area (Å²) in [5.41, 5.74) is 6.90. The van der Waals surface area contributed by atoms with Gasteiger partial charge in [-0.25, -0.2) is 8.42 Å². The number of rotatable bonds is 5. The van der Waals surface area contributed by atoms with Gasteiger partial charge in [-0.15, -0.1) is 0 Å². The molecule has 1 saturated heterocycles. The minimum Gasteiger partial charge on any atom is -0.486 e. The van der Waals surface area contributed by atoms with Crippen molar-refractivity contribution in [2.24, 2.45) is 11.7 Å². The standard InChI is InChI=1S/C21H24N2O5S/c22-21(24)17-3-1-15(2-4-17)13-16-7-9-23(10-8-16)29(25,26)18-5-6-19-20(14-18)28-12-11-27-19/h1-6,14,16H,7-13H2,(H2,22,24). The summed E-state index contributed by atoms with van der Waals surface area (Å²) >= 11 is 0. The quantitative estimate of drug-likeness (QED) is 0.806. The highest BCUT2D eigenvalue weighted by molar-refractivity contribution is 7.89. The average Bonchev–Trinajstić information content (AvgIpc) is 2.74. The molecular weight excluding hydrogens is 392 g/mol. The van der Waals surface area contributed by atoms with Crippen LogP contribution in [0.15, 0.2) is 47.4 Å². The molecule has 7 nitrogen and oxygen atoms in total. The third-order valence-electron chi connectivity index (χ3n) is 5.49. The van der Waals surface area contributed by atoms with Gasteiger partial charge in [0.1, 0.15) is 13.2 Å². The Bertz CT molecular complexity index is 996. The number of fused-ring (bicyclic) bond motifs is 1. The topological polar surface area (TPSA) is 98.9 Å². The van der Waals surface area contributed by atoms with Crippen LogP contribution >= 0.6 is 0 Å². The number of carbonyl (C=O) groups is 1. The van der Waals surface area contributed by atoms with Crippen molar-refractivity contribution < 1.29 is 22.7 Å². The highest BCUT2D eigenvalue weighted by Crippen LogP contribution is 2.34. The van der Waals surface area contributed by atoms with Gasteiger partial charge in [0.25, 0.3) is 0 Å². The van der Waals surface area contributed by atoms with Crippen molar-refractivity contribution in [2.75, 3.05) is 26.3 Å². The molecular formula is C21H24N2O5S. The minimum absolute atomic E-state index is 0.238. The molecule has 0 radical (unpaired) electrons. The van der Waals surface area contributed by atoms with Crippen LogP contribution in [0.5, 0.6) is 11.5 Å². The molecule has 2 N–H and O–H groups in total. The molecule has 0 unspecified atom stereocenters. The van der Waals surface area contributed by atoms with Crippen molar-refractivity contribution in [1.29, 1.82) is 0 Å². The molecule has 0 saturated carbocycles. The predicted octanol–water partition coefficient (Wildman–Crippen LogP) is 2.20. The Hall–Kier alpha value is -2.58. The highest BCUT2D eigenvalue weighted by Gasteiger charge is 2.30. The second kappa shape index (κ2) is 8.04. The van der Waals surface area contributed by atoms with E-state index >= 15 is 0 Å². The van der Waals surface area contributed by atoms with E-state index in [9.17, 15) is 13.2 Å². The van der Waals surface area contributed by atoms with Gasteiger partial charge in [-0.3, -0.25) is 4.79 Å².